The van der Waals surface area contributed by atoms with Crippen LogP contribution in [-0.2, 0) is 4.79 Å². The highest BCUT2D eigenvalue weighted by atomic mass is 32.2. The van der Waals surface area contributed by atoms with Gasteiger partial charge >= 0.3 is 0 Å². The first-order valence-corrected chi connectivity index (χ1v) is 6.76. The van der Waals surface area contributed by atoms with Gasteiger partial charge in [0.1, 0.15) is 5.70 Å². The van der Waals surface area contributed by atoms with E-state index in [-0.39, 0.29) is 5.91 Å². The monoisotopic (exact) mass is 261 g/mol. The first-order chi connectivity index (χ1) is 8.60. The smallest absolute Gasteiger partial charge is 0.295 e. The van der Waals surface area contributed by atoms with Crippen LogP contribution >= 0.6 is 11.8 Å². The van der Waals surface area contributed by atoms with Crippen molar-refractivity contribution >= 4 is 34.6 Å². The molecule has 94 valence electrons. The van der Waals surface area contributed by atoms with Crippen LogP contribution in [0, 0.1) is 0 Å². The van der Waals surface area contributed by atoms with Crippen molar-refractivity contribution in [3.63, 3.8) is 0 Å². The molecule has 18 heavy (non-hydrogen) atoms. The zero-order chi connectivity index (χ0) is 13.1. The summed E-state index contributed by atoms with van der Waals surface area (Å²) in [5.74, 6) is -0.212. The summed E-state index contributed by atoms with van der Waals surface area (Å²) < 4.78 is 0. The van der Waals surface area contributed by atoms with Crippen molar-refractivity contribution < 1.29 is 4.79 Å². The molecule has 1 amide bonds. The average molecular weight is 261 g/mol. The molecule has 1 aliphatic heterocycles. The van der Waals surface area contributed by atoms with Crippen LogP contribution in [0.25, 0.3) is 6.08 Å². The van der Waals surface area contributed by atoms with E-state index in [1.807, 2.05) is 55.6 Å². The van der Waals surface area contributed by atoms with E-state index in [1.165, 1.54) is 11.8 Å². The molecule has 0 atom stereocenters. The fourth-order valence-corrected chi connectivity index (χ4v) is 1.97. The zero-order valence-corrected chi connectivity index (χ0v) is 11.4. The van der Waals surface area contributed by atoms with Crippen molar-refractivity contribution in [2.75, 3.05) is 25.3 Å². The molecule has 0 saturated heterocycles. The molecule has 0 spiro atoms. The first-order valence-electron chi connectivity index (χ1n) is 5.53. The Morgan fingerprint density at radius 3 is 2.44 bits per heavy atom. The molecule has 0 bridgehead atoms. The summed E-state index contributed by atoms with van der Waals surface area (Å²) in [4.78, 5) is 17.5. The minimum Gasteiger partial charge on any atom is -0.378 e. The maximum atomic E-state index is 11.6. The van der Waals surface area contributed by atoms with E-state index in [2.05, 4.69) is 10.3 Å². The number of rotatable bonds is 2. The highest BCUT2D eigenvalue weighted by Crippen LogP contribution is 2.16. The van der Waals surface area contributed by atoms with Crippen LogP contribution < -0.4 is 10.2 Å². The van der Waals surface area contributed by atoms with Gasteiger partial charge in [-0.05, 0) is 30.0 Å². The Balaban J connectivity index is 2.17. The second-order valence-electron chi connectivity index (χ2n) is 4.10. The van der Waals surface area contributed by atoms with Crippen LogP contribution in [-0.4, -0.2) is 31.4 Å². The molecule has 0 fully saturated rings. The van der Waals surface area contributed by atoms with E-state index in [0.29, 0.717) is 10.9 Å². The molecule has 1 heterocycles. The Bertz CT molecular complexity index is 518. The third-order valence-electron chi connectivity index (χ3n) is 2.59. The van der Waals surface area contributed by atoms with Crippen molar-refractivity contribution in [1.29, 1.82) is 0 Å². The highest BCUT2D eigenvalue weighted by molar-refractivity contribution is 8.13. The second-order valence-corrected chi connectivity index (χ2v) is 4.89. The molecule has 0 saturated carbocycles. The van der Waals surface area contributed by atoms with Gasteiger partial charge in [-0.1, -0.05) is 23.9 Å². The van der Waals surface area contributed by atoms with Crippen molar-refractivity contribution in [2.24, 2.45) is 4.99 Å². The van der Waals surface area contributed by atoms with Gasteiger partial charge in [0.25, 0.3) is 5.91 Å². The van der Waals surface area contributed by atoms with E-state index in [0.717, 1.165) is 11.3 Å². The molecule has 1 aromatic rings. The highest BCUT2D eigenvalue weighted by Gasteiger charge is 2.18. The number of amidine groups is 1. The second kappa shape index (κ2) is 5.27. The SMILES string of the molecule is CSC1=NC(=O)/C(=C/c2ccc(N(C)C)cc2)N1. The van der Waals surface area contributed by atoms with Crippen molar-refractivity contribution in [3.8, 4) is 0 Å². The van der Waals surface area contributed by atoms with Gasteiger partial charge in [0.05, 0.1) is 0 Å². The zero-order valence-electron chi connectivity index (χ0n) is 10.6. The normalized spacial score (nSPS) is 16.7. The number of carbonyl (C=O) groups excluding carboxylic acids is 1. The molecular weight excluding hydrogens is 246 g/mol. The summed E-state index contributed by atoms with van der Waals surface area (Å²) in [5.41, 5.74) is 2.63. The Morgan fingerprint density at radius 2 is 1.94 bits per heavy atom. The van der Waals surface area contributed by atoms with Crippen LogP contribution in [0.1, 0.15) is 5.56 Å². The molecule has 0 unspecified atom stereocenters. The standard InChI is InChI=1S/C13H15N3OS/c1-16(2)10-6-4-9(5-7-10)8-11-12(17)15-13(14-11)18-3/h4-8H,1-3H3,(H,14,15,17)/b11-8-. The lowest BCUT2D eigenvalue weighted by atomic mass is 10.1. The molecule has 2 rings (SSSR count). The first kappa shape index (κ1) is 12.7. The van der Waals surface area contributed by atoms with Crippen LogP contribution in [0.2, 0.25) is 0 Å². The summed E-state index contributed by atoms with van der Waals surface area (Å²) in [6, 6.07) is 7.99. The molecule has 1 aliphatic rings. The van der Waals surface area contributed by atoms with E-state index in [1.54, 1.807) is 0 Å². The van der Waals surface area contributed by atoms with Crippen LogP contribution in [0.4, 0.5) is 5.69 Å². The van der Waals surface area contributed by atoms with Crippen LogP contribution in [0.15, 0.2) is 35.0 Å². The Labute approximate surface area is 111 Å². The molecule has 1 N–H and O–H groups in total. The molecular formula is C13H15N3OS. The van der Waals surface area contributed by atoms with Gasteiger partial charge in [-0.15, -0.1) is 0 Å². The molecule has 5 heteroatoms. The summed E-state index contributed by atoms with van der Waals surface area (Å²) in [6.45, 7) is 0. The maximum Gasteiger partial charge on any atom is 0.295 e. The third kappa shape index (κ3) is 2.73. The number of carbonyl (C=O) groups is 1. The number of nitrogens with one attached hydrogen (secondary N) is 1. The van der Waals surface area contributed by atoms with Crippen LogP contribution in [0.3, 0.4) is 0 Å². The molecule has 0 radical (unpaired) electrons. The molecule has 4 nitrogen and oxygen atoms in total. The number of benzene rings is 1. The third-order valence-corrected chi connectivity index (χ3v) is 3.17. The number of hydrogen-bond acceptors (Lipinski definition) is 4. The maximum absolute atomic E-state index is 11.6. The Hall–Kier alpha value is -1.75. The number of thioether (sulfide) groups is 1. The van der Waals surface area contributed by atoms with Gasteiger partial charge < -0.3 is 10.2 Å². The summed E-state index contributed by atoms with van der Waals surface area (Å²) in [6.07, 6.45) is 3.70. The Kier molecular flexibility index (Phi) is 3.72. The number of amides is 1. The van der Waals surface area contributed by atoms with Gasteiger partial charge in [-0.2, -0.15) is 4.99 Å². The van der Waals surface area contributed by atoms with E-state index in [4.69, 9.17) is 0 Å². The Morgan fingerprint density at radius 1 is 1.28 bits per heavy atom. The lowest BCUT2D eigenvalue weighted by Crippen LogP contribution is -2.14. The lowest BCUT2D eigenvalue weighted by molar-refractivity contribution is -0.114. The fraction of sp³-hybridized carbons (Fsp3) is 0.231. The van der Waals surface area contributed by atoms with Gasteiger partial charge in [0.2, 0.25) is 0 Å². The average Bonchev–Trinajstić information content (AvgIpc) is 2.71. The van der Waals surface area contributed by atoms with Gasteiger partial charge in [0, 0.05) is 19.8 Å². The minimum atomic E-state index is -0.212. The molecule has 0 aliphatic carbocycles. The summed E-state index contributed by atoms with van der Waals surface area (Å²) in [7, 11) is 3.99. The summed E-state index contributed by atoms with van der Waals surface area (Å²) >= 11 is 1.43. The molecule has 1 aromatic carbocycles. The van der Waals surface area contributed by atoms with Gasteiger partial charge in [-0.3, -0.25) is 4.79 Å². The largest absolute Gasteiger partial charge is 0.378 e. The number of nitrogens with zero attached hydrogens (tertiary/aromatic N) is 2. The minimum absolute atomic E-state index is 0.212. The van der Waals surface area contributed by atoms with Crippen molar-refractivity contribution in [2.45, 2.75) is 0 Å². The quantitative estimate of drug-likeness (QED) is 0.826. The van der Waals surface area contributed by atoms with Crippen molar-refractivity contribution in [1.82, 2.24) is 5.32 Å². The number of hydrogen-bond donors (Lipinski definition) is 1. The predicted octanol–water partition coefficient (Wildman–Crippen LogP) is 1.94. The molecule has 0 aromatic heterocycles. The summed E-state index contributed by atoms with van der Waals surface area (Å²) in [5, 5.41) is 3.64. The van der Waals surface area contributed by atoms with E-state index < -0.39 is 0 Å². The van der Waals surface area contributed by atoms with E-state index >= 15 is 0 Å². The topological polar surface area (TPSA) is 44.7 Å². The number of aliphatic imine (C=N–C) groups is 1. The lowest BCUT2D eigenvalue weighted by Gasteiger charge is -2.11. The van der Waals surface area contributed by atoms with Crippen molar-refractivity contribution in [3.05, 3.63) is 35.5 Å². The fourth-order valence-electron chi connectivity index (χ4n) is 1.58. The van der Waals surface area contributed by atoms with Gasteiger partial charge in [-0.25, -0.2) is 0 Å². The van der Waals surface area contributed by atoms with E-state index in [9.17, 15) is 4.79 Å². The predicted molar refractivity (Wildman–Crippen MR) is 77.8 cm³/mol. The van der Waals surface area contributed by atoms with Gasteiger partial charge in [0.15, 0.2) is 5.17 Å². The van der Waals surface area contributed by atoms with Crippen LogP contribution in [0.5, 0.6) is 0 Å². The number of anilines is 1.